The molecule has 1 aliphatic rings. The van der Waals surface area contributed by atoms with Gasteiger partial charge in [-0.2, -0.15) is 4.68 Å². The van der Waals surface area contributed by atoms with Gasteiger partial charge in [0.2, 0.25) is 5.95 Å². The van der Waals surface area contributed by atoms with E-state index >= 15 is 0 Å². The number of anilines is 2. The van der Waals surface area contributed by atoms with Crippen molar-refractivity contribution in [1.82, 2.24) is 25.1 Å². The molecule has 0 unspecified atom stereocenters. The molecule has 1 aliphatic heterocycles. The fourth-order valence-corrected chi connectivity index (χ4v) is 3.27. The Bertz CT molecular complexity index is 1050. The maximum Gasteiger partial charge on any atom is 0.321 e. The van der Waals surface area contributed by atoms with Crippen molar-refractivity contribution < 1.29 is 13.9 Å². The summed E-state index contributed by atoms with van der Waals surface area (Å²) in [6, 6.07) is 11.9. The Morgan fingerprint density at radius 1 is 1.13 bits per heavy atom. The van der Waals surface area contributed by atoms with E-state index in [2.05, 4.69) is 20.8 Å². The van der Waals surface area contributed by atoms with Crippen molar-refractivity contribution >= 4 is 17.7 Å². The molecule has 10 heteroatoms. The van der Waals surface area contributed by atoms with Crippen LogP contribution in [0.1, 0.15) is 5.56 Å². The molecule has 1 fully saturated rings. The van der Waals surface area contributed by atoms with Crippen LogP contribution in [0, 0.1) is 12.7 Å². The van der Waals surface area contributed by atoms with Crippen LogP contribution in [0.3, 0.4) is 0 Å². The number of halogens is 1. The molecule has 2 amide bonds. The third-order valence-electron chi connectivity index (χ3n) is 5.02. The molecule has 0 atom stereocenters. The monoisotopic (exact) mass is 411 g/mol. The summed E-state index contributed by atoms with van der Waals surface area (Å²) in [6.07, 6.45) is 0. The zero-order valence-corrected chi connectivity index (χ0v) is 16.7. The number of piperazine rings is 1. The van der Waals surface area contributed by atoms with E-state index in [1.54, 1.807) is 35.7 Å². The fraction of sp³-hybridized carbons (Fsp3) is 0.300. The van der Waals surface area contributed by atoms with Crippen molar-refractivity contribution in [3.05, 3.63) is 53.8 Å². The molecule has 156 valence electrons. The second-order valence-corrected chi connectivity index (χ2v) is 6.96. The molecule has 3 aromatic rings. The number of tetrazole rings is 1. The summed E-state index contributed by atoms with van der Waals surface area (Å²) in [7, 11) is 1.61. The maximum atomic E-state index is 13.7. The molecule has 0 bridgehead atoms. The second kappa shape index (κ2) is 8.36. The predicted octanol–water partition coefficient (Wildman–Crippen LogP) is 2.47. The lowest BCUT2D eigenvalue weighted by Gasteiger charge is -2.34. The van der Waals surface area contributed by atoms with Crippen LogP contribution in [-0.2, 0) is 0 Å². The van der Waals surface area contributed by atoms with Crippen LogP contribution in [0.15, 0.2) is 42.5 Å². The largest absolute Gasteiger partial charge is 0.497 e. The summed E-state index contributed by atoms with van der Waals surface area (Å²) in [5, 5.41) is 14.8. The zero-order valence-electron chi connectivity index (χ0n) is 16.7. The van der Waals surface area contributed by atoms with E-state index in [1.807, 2.05) is 29.2 Å². The van der Waals surface area contributed by atoms with E-state index in [0.29, 0.717) is 49.1 Å². The van der Waals surface area contributed by atoms with Gasteiger partial charge in [0, 0.05) is 37.9 Å². The molecule has 0 aliphatic carbocycles. The number of aryl methyl sites for hydroxylation is 1. The van der Waals surface area contributed by atoms with E-state index in [0.717, 1.165) is 5.69 Å². The lowest BCUT2D eigenvalue weighted by atomic mass is 10.2. The van der Waals surface area contributed by atoms with E-state index in [1.165, 1.54) is 6.07 Å². The van der Waals surface area contributed by atoms with Crippen molar-refractivity contribution in [3.8, 4) is 11.4 Å². The minimum atomic E-state index is -0.345. The van der Waals surface area contributed by atoms with E-state index in [-0.39, 0.29) is 11.8 Å². The van der Waals surface area contributed by atoms with Crippen molar-refractivity contribution in [2.45, 2.75) is 6.92 Å². The molecular weight excluding hydrogens is 389 g/mol. The van der Waals surface area contributed by atoms with Crippen LogP contribution in [0.5, 0.6) is 5.75 Å². The summed E-state index contributed by atoms with van der Waals surface area (Å²) >= 11 is 0. The summed E-state index contributed by atoms with van der Waals surface area (Å²) in [6.45, 7) is 3.80. The Morgan fingerprint density at radius 3 is 2.67 bits per heavy atom. The van der Waals surface area contributed by atoms with Crippen LogP contribution in [-0.4, -0.2) is 64.4 Å². The fourth-order valence-electron chi connectivity index (χ4n) is 3.27. The highest BCUT2D eigenvalue weighted by atomic mass is 19.1. The summed E-state index contributed by atoms with van der Waals surface area (Å²) < 4.78 is 20.6. The molecule has 0 spiro atoms. The molecule has 2 aromatic carbocycles. The normalized spacial score (nSPS) is 14.0. The number of hydrogen-bond acceptors (Lipinski definition) is 6. The van der Waals surface area contributed by atoms with E-state index < -0.39 is 0 Å². The van der Waals surface area contributed by atoms with Crippen molar-refractivity contribution in [1.29, 1.82) is 0 Å². The molecule has 0 saturated carbocycles. The van der Waals surface area contributed by atoms with Crippen LogP contribution in [0.2, 0.25) is 0 Å². The van der Waals surface area contributed by atoms with Gasteiger partial charge in [0.15, 0.2) is 0 Å². The first-order valence-corrected chi connectivity index (χ1v) is 9.55. The van der Waals surface area contributed by atoms with Crippen molar-refractivity contribution in [3.63, 3.8) is 0 Å². The number of carbonyl (C=O) groups excluding carboxylic acids is 1. The molecule has 1 N–H and O–H groups in total. The molecule has 2 heterocycles. The van der Waals surface area contributed by atoms with Gasteiger partial charge in [0.25, 0.3) is 0 Å². The van der Waals surface area contributed by atoms with Crippen LogP contribution >= 0.6 is 0 Å². The summed E-state index contributed by atoms with van der Waals surface area (Å²) in [5.74, 6) is 0.967. The molecule has 30 heavy (non-hydrogen) atoms. The second-order valence-electron chi connectivity index (χ2n) is 6.96. The number of benzene rings is 2. The first-order chi connectivity index (χ1) is 14.5. The van der Waals surface area contributed by atoms with Crippen LogP contribution in [0.25, 0.3) is 5.69 Å². The first kappa shape index (κ1) is 19.6. The van der Waals surface area contributed by atoms with Gasteiger partial charge in [0.05, 0.1) is 12.8 Å². The van der Waals surface area contributed by atoms with Gasteiger partial charge in [-0.05, 0) is 47.2 Å². The summed E-state index contributed by atoms with van der Waals surface area (Å²) in [5.41, 5.74) is 1.76. The SMILES string of the molecule is COc1cccc(-n2nnnc2N2CCN(C(=O)Nc3ccc(C)c(F)c3)CC2)c1. The van der Waals surface area contributed by atoms with E-state index in [4.69, 9.17) is 4.74 Å². The number of nitrogens with one attached hydrogen (secondary N) is 1. The standard InChI is InChI=1S/C20H22FN7O2/c1-14-6-7-15(12-18(14)21)22-20(29)27-10-8-26(9-11-27)19-23-24-25-28(19)16-4-3-5-17(13-16)30-2/h3-7,12-13H,8-11H2,1-2H3,(H,22,29). The number of nitrogens with zero attached hydrogens (tertiary/aromatic N) is 6. The number of hydrogen-bond donors (Lipinski definition) is 1. The van der Waals surface area contributed by atoms with E-state index in [9.17, 15) is 9.18 Å². The molecular formula is C20H22FN7O2. The number of urea groups is 1. The Balaban J connectivity index is 1.41. The maximum absolute atomic E-state index is 13.7. The molecule has 1 aromatic heterocycles. The van der Waals surface area contributed by atoms with Gasteiger partial charge in [-0.25, -0.2) is 9.18 Å². The lowest BCUT2D eigenvalue weighted by Crippen LogP contribution is -2.50. The number of aromatic nitrogens is 4. The third-order valence-corrected chi connectivity index (χ3v) is 5.02. The summed E-state index contributed by atoms with van der Waals surface area (Å²) in [4.78, 5) is 16.2. The Morgan fingerprint density at radius 2 is 1.93 bits per heavy atom. The van der Waals surface area contributed by atoms with Crippen molar-refractivity contribution in [2.75, 3.05) is 43.5 Å². The van der Waals surface area contributed by atoms with Gasteiger partial charge >= 0.3 is 6.03 Å². The van der Waals surface area contributed by atoms with Crippen LogP contribution in [0.4, 0.5) is 20.8 Å². The molecule has 9 nitrogen and oxygen atoms in total. The minimum absolute atomic E-state index is 0.259. The Labute approximate surface area is 173 Å². The smallest absolute Gasteiger partial charge is 0.321 e. The van der Waals surface area contributed by atoms with Gasteiger partial charge in [-0.3, -0.25) is 0 Å². The van der Waals surface area contributed by atoms with Gasteiger partial charge in [-0.1, -0.05) is 17.2 Å². The molecule has 0 radical (unpaired) electrons. The zero-order chi connectivity index (χ0) is 21.1. The topological polar surface area (TPSA) is 88.4 Å². The van der Waals surface area contributed by atoms with Gasteiger partial charge in [0.1, 0.15) is 11.6 Å². The number of carbonyl (C=O) groups is 1. The third kappa shape index (κ3) is 4.02. The number of rotatable bonds is 4. The average Bonchev–Trinajstić information content (AvgIpc) is 3.26. The number of amides is 2. The molecule has 4 rings (SSSR count). The van der Waals surface area contributed by atoms with Crippen LogP contribution < -0.4 is 15.0 Å². The number of ether oxygens (including phenoxy) is 1. The van der Waals surface area contributed by atoms with Crippen molar-refractivity contribution in [2.24, 2.45) is 0 Å². The highest BCUT2D eigenvalue weighted by Gasteiger charge is 2.25. The number of methoxy groups -OCH3 is 1. The van der Waals surface area contributed by atoms with Gasteiger partial charge < -0.3 is 19.9 Å². The predicted molar refractivity (Wildman–Crippen MR) is 110 cm³/mol. The van der Waals surface area contributed by atoms with Gasteiger partial charge in [-0.15, -0.1) is 0 Å². The highest BCUT2D eigenvalue weighted by Crippen LogP contribution is 2.21. The Hall–Kier alpha value is -3.69. The average molecular weight is 411 g/mol. The molecule has 1 saturated heterocycles. The highest BCUT2D eigenvalue weighted by molar-refractivity contribution is 5.89. The first-order valence-electron chi connectivity index (χ1n) is 9.55. The Kier molecular flexibility index (Phi) is 5.46. The minimum Gasteiger partial charge on any atom is -0.497 e. The lowest BCUT2D eigenvalue weighted by molar-refractivity contribution is 0.208. The quantitative estimate of drug-likeness (QED) is 0.710.